The molecule has 0 spiro atoms. The van der Waals surface area contributed by atoms with Gasteiger partial charge in [0.05, 0.1) is 6.61 Å². The first-order chi connectivity index (χ1) is 6.56. The van der Waals surface area contributed by atoms with Crippen LogP contribution in [-0.2, 0) is 0 Å². The third kappa shape index (κ3) is 2.29. The first kappa shape index (κ1) is 11.1. The van der Waals surface area contributed by atoms with E-state index in [-0.39, 0.29) is 5.56 Å². The molecule has 4 heteroatoms. The number of aryl methyl sites for hydroxylation is 1. The second kappa shape index (κ2) is 4.50. The molecule has 0 heterocycles. The second-order valence-electron chi connectivity index (χ2n) is 3.22. The summed E-state index contributed by atoms with van der Waals surface area (Å²) < 4.78 is 13.2. The topological polar surface area (TPSA) is 60.7 Å². The van der Waals surface area contributed by atoms with Crippen molar-refractivity contribution in [1.82, 2.24) is 0 Å². The van der Waals surface area contributed by atoms with Crippen molar-refractivity contribution >= 4 is 0 Å². The van der Waals surface area contributed by atoms with Gasteiger partial charge in [0.25, 0.3) is 0 Å². The molecular formula is C10H13FO3. The van der Waals surface area contributed by atoms with Gasteiger partial charge in [-0.1, -0.05) is 17.7 Å². The average molecular weight is 200 g/mol. The van der Waals surface area contributed by atoms with Crippen LogP contribution in [0.5, 0.6) is 0 Å². The summed E-state index contributed by atoms with van der Waals surface area (Å²) in [6.07, 6.45) is -2.74. The number of hydrogen-bond acceptors (Lipinski definition) is 3. The smallest absolute Gasteiger partial charge is 0.129 e. The van der Waals surface area contributed by atoms with Crippen molar-refractivity contribution in [3.05, 3.63) is 35.1 Å². The Morgan fingerprint density at radius 2 is 2.00 bits per heavy atom. The van der Waals surface area contributed by atoms with Gasteiger partial charge in [-0.2, -0.15) is 0 Å². The predicted octanol–water partition coefficient (Wildman–Crippen LogP) is 0.521. The van der Waals surface area contributed by atoms with Crippen LogP contribution < -0.4 is 0 Å². The van der Waals surface area contributed by atoms with Gasteiger partial charge in [-0.3, -0.25) is 0 Å². The summed E-state index contributed by atoms with van der Waals surface area (Å²) in [5, 5.41) is 27.2. The molecule has 78 valence electrons. The Balaban J connectivity index is 2.99. The Kier molecular flexibility index (Phi) is 3.57. The van der Waals surface area contributed by atoms with E-state index in [1.807, 2.05) is 0 Å². The molecular weight excluding hydrogens is 187 g/mol. The molecule has 0 aromatic heterocycles. The Morgan fingerprint density at radius 3 is 2.57 bits per heavy atom. The van der Waals surface area contributed by atoms with Gasteiger partial charge in [0.2, 0.25) is 0 Å². The maximum atomic E-state index is 13.2. The molecule has 3 nitrogen and oxygen atoms in total. The van der Waals surface area contributed by atoms with E-state index in [2.05, 4.69) is 0 Å². The fraction of sp³-hybridized carbons (Fsp3) is 0.400. The average Bonchev–Trinajstić information content (AvgIpc) is 2.19. The largest absolute Gasteiger partial charge is 0.394 e. The summed E-state index contributed by atoms with van der Waals surface area (Å²) in [4.78, 5) is 0. The second-order valence-corrected chi connectivity index (χ2v) is 3.22. The minimum Gasteiger partial charge on any atom is -0.394 e. The van der Waals surface area contributed by atoms with Crippen LogP contribution in [0.1, 0.15) is 17.2 Å². The van der Waals surface area contributed by atoms with Crippen molar-refractivity contribution in [1.29, 1.82) is 0 Å². The Hall–Kier alpha value is -0.970. The van der Waals surface area contributed by atoms with E-state index >= 15 is 0 Å². The van der Waals surface area contributed by atoms with Crippen molar-refractivity contribution in [3.8, 4) is 0 Å². The molecule has 1 aromatic carbocycles. The lowest BCUT2D eigenvalue weighted by Gasteiger charge is -2.16. The molecule has 0 saturated heterocycles. The minimum absolute atomic E-state index is 0.00606. The van der Waals surface area contributed by atoms with Crippen LogP contribution in [0, 0.1) is 12.7 Å². The zero-order valence-electron chi connectivity index (χ0n) is 7.81. The molecule has 1 aromatic rings. The summed E-state index contributed by atoms with van der Waals surface area (Å²) >= 11 is 0. The van der Waals surface area contributed by atoms with Gasteiger partial charge >= 0.3 is 0 Å². The lowest BCUT2D eigenvalue weighted by molar-refractivity contribution is -0.0168. The van der Waals surface area contributed by atoms with E-state index in [1.165, 1.54) is 12.1 Å². The zero-order chi connectivity index (χ0) is 10.7. The van der Waals surface area contributed by atoms with Crippen LogP contribution in [0.15, 0.2) is 18.2 Å². The fourth-order valence-corrected chi connectivity index (χ4v) is 1.20. The van der Waals surface area contributed by atoms with Gasteiger partial charge in [0.15, 0.2) is 0 Å². The molecule has 0 saturated carbocycles. The lowest BCUT2D eigenvalue weighted by atomic mass is 10.0. The summed E-state index contributed by atoms with van der Waals surface area (Å²) in [7, 11) is 0. The minimum atomic E-state index is -1.39. The Labute approximate surface area is 81.4 Å². The highest BCUT2D eigenvalue weighted by atomic mass is 19.1. The molecule has 0 aliphatic carbocycles. The van der Waals surface area contributed by atoms with Gasteiger partial charge < -0.3 is 15.3 Å². The number of halogens is 1. The Morgan fingerprint density at radius 1 is 1.36 bits per heavy atom. The van der Waals surface area contributed by atoms with Crippen molar-refractivity contribution in [3.63, 3.8) is 0 Å². The zero-order valence-corrected chi connectivity index (χ0v) is 7.81. The molecule has 2 unspecified atom stereocenters. The van der Waals surface area contributed by atoms with Crippen LogP contribution in [0.2, 0.25) is 0 Å². The fourth-order valence-electron chi connectivity index (χ4n) is 1.20. The summed E-state index contributed by atoms with van der Waals surface area (Å²) in [5.41, 5.74) is 0.789. The van der Waals surface area contributed by atoms with Crippen LogP contribution in [-0.4, -0.2) is 28.0 Å². The number of hydrogen-bond donors (Lipinski definition) is 3. The van der Waals surface area contributed by atoms with Crippen LogP contribution >= 0.6 is 0 Å². The predicted molar refractivity (Wildman–Crippen MR) is 49.2 cm³/mol. The van der Waals surface area contributed by atoms with Gasteiger partial charge in [-0.15, -0.1) is 0 Å². The van der Waals surface area contributed by atoms with Crippen LogP contribution in [0.25, 0.3) is 0 Å². The van der Waals surface area contributed by atoms with E-state index in [1.54, 1.807) is 13.0 Å². The maximum Gasteiger partial charge on any atom is 0.129 e. The third-order valence-electron chi connectivity index (χ3n) is 2.02. The number of aliphatic hydroxyl groups is 3. The van der Waals surface area contributed by atoms with Crippen molar-refractivity contribution < 1.29 is 19.7 Å². The quantitative estimate of drug-likeness (QED) is 0.666. The highest BCUT2D eigenvalue weighted by Crippen LogP contribution is 2.21. The molecule has 1 rings (SSSR count). The molecule has 0 fully saturated rings. The summed E-state index contributed by atoms with van der Waals surface area (Å²) in [6.45, 7) is 1.15. The SMILES string of the molecule is Cc1ccc(F)c(C(O)C(O)CO)c1. The molecule has 2 atom stereocenters. The molecule has 0 radical (unpaired) electrons. The molecule has 14 heavy (non-hydrogen) atoms. The molecule has 0 amide bonds. The standard InChI is InChI=1S/C10H13FO3/c1-6-2-3-8(11)7(4-6)10(14)9(13)5-12/h2-4,9-10,12-14H,5H2,1H3. The van der Waals surface area contributed by atoms with Crippen LogP contribution in [0.4, 0.5) is 4.39 Å². The number of aliphatic hydroxyl groups excluding tert-OH is 3. The lowest BCUT2D eigenvalue weighted by Crippen LogP contribution is -2.23. The highest BCUT2D eigenvalue weighted by molar-refractivity contribution is 5.26. The van der Waals surface area contributed by atoms with Gasteiger partial charge in [0, 0.05) is 5.56 Å². The molecule has 0 aliphatic heterocycles. The molecule has 3 N–H and O–H groups in total. The van der Waals surface area contributed by atoms with Gasteiger partial charge in [0.1, 0.15) is 18.0 Å². The van der Waals surface area contributed by atoms with Crippen molar-refractivity contribution in [2.75, 3.05) is 6.61 Å². The van der Waals surface area contributed by atoms with Crippen LogP contribution in [0.3, 0.4) is 0 Å². The number of rotatable bonds is 3. The molecule has 0 aliphatic rings. The first-order valence-electron chi connectivity index (χ1n) is 4.29. The summed E-state index contributed by atoms with van der Waals surface area (Å²) in [6, 6.07) is 4.23. The van der Waals surface area contributed by atoms with Gasteiger partial charge in [-0.05, 0) is 13.0 Å². The van der Waals surface area contributed by atoms with E-state index in [0.29, 0.717) is 0 Å². The summed E-state index contributed by atoms with van der Waals surface area (Å²) in [5.74, 6) is -0.587. The van der Waals surface area contributed by atoms with Gasteiger partial charge in [-0.25, -0.2) is 4.39 Å². The van der Waals surface area contributed by atoms with E-state index in [0.717, 1.165) is 5.56 Å². The monoisotopic (exact) mass is 200 g/mol. The third-order valence-corrected chi connectivity index (χ3v) is 2.02. The number of benzene rings is 1. The van der Waals surface area contributed by atoms with Crippen molar-refractivity contribution in [2.45, 2.75) is 19.1 Å². The molecule has 0 bridgehead atoms. The van der Waals surface area contributed by atoms with Crippen molar-refractivity contribution in [2.24, 2.45) is 0 Å². The normalized spacial score (nSPS) is 15.2. The van der Waals surface area contributed by atoms with E-state index < -0.39 is 24.6 Å². The van der Waals surface area contributed by atoms with E-state index in [4.69, 9.17) is 10.2 Å². The Bertz CT molecular complexity index is 314. The highest BCUT2D eigenvalue weighted by Gasteiger charge is 2.20. The maximum absolute atomic E-state index is 13.2. The van der Waals surface area contributed by atoms with E-state index in [9.17, 15) is 9.50 Å². The first-order valence-corrected chi connectivity index (χ1v) is 4.29.